The zero-order chi connectivity index (χ0) is 22.6. The number of hydrogen-bond donors (Lipinski definition) is 0. The van der Waals surface area contributed by atoms with Gasteiger partial charge in [0.05, 0.1) is 0 Å². The van der Waals surface area contributed by atoms with Crippen molar-refractivity contribution in [2.75, 3.05) is 0 Å². The van der Waals surface area contributed by atoms with Crippen molar-refractivity contribution in [1.82, 2.24) is 0 Å². The number of ketones is 6. The van der Waals surface area contributed by atoms with Gasteiger partial charge in [0.2, 0.25) is 0 Å². The fraction of sp³-hybridized carbons (Fsp3) is 0.538. The maximum absolute atomic E-state index is 13.0. The third-order valence-corrected chi connectivity index (χ3v) is 7.84. The average molecular weight is 434 g/mol. The van der Waals surface area contributed by atoms with Crippen molar-refractivity contribution in [1.29, 1.82) is 0 Å². The summed E-state index contributed by atoms with van der Waals surface area (Å²) in [6.07, 6.45) is 8.39. The highest BCUT2D eigenvalue weighted by Gasteiger charge is 2.49. The molecule has 4 aliphatic rings. The minimum atomic E-state index is -1.36. The summed E-state index contributed by atoms with van der Waals surface area (Å²) < 4.78 is 0. The van der Waals surface area contributed by atoms with E-state index < -0.39 is 35.0 Å². The number of carbonyl (C=O) groups is 6. The lowest BCUT2D eigenvalue weighted by atomic mass is 9.89. The molecule has 0 saturated heterocycles. The highest BCUT2D eigenvalue weighted by molar-refractivity contribution is 6.39. The van der Waals surface area contributed by atoms with E-state index in [9.17, 15) is 28.8 Å². The van der Waals surface area contributed by atoms with Crippen molar-refractivity contribution in [3.63, 3.8) is 0 Å². The molecule has 0 heterocycles. The Balaban J connectivity index is 1.39. The molecule has 1 aromatic carbocycles. The summed E-state index contributed by atoms with van der Waals surface area (Å²) >= 11 is 0. The zero-order valence-corrected chi connectivity index (χ0v) is 18.0. The molecule has 5 rings (SSSR count). The van der Waals surface area contributed by atoms with Crippen molar-refractivity contribution in [2.24, 2.45) is 23.7 Å². The van der Waals surface area contributed by atoms with Crippen LogP contribution in [0.1, 0.15) is 106 Å². The molecule has 0 atom stereocenters. The van der Waals surface area contributed by atoms with Gasteiger partial charge in [-0.1, -0.05) is 51.4 Å². The molecule has 166 valence electrons. The first kappa shape index (κ1) is 21.1. The molecule has 1 aromatic rings. The lowest BCUT2D eigenvalue weighted by molar-refractivity contribution is -0.122. The molecule has 0 aromatic heterocycles. The standard InChI is InChI=1S/C26H26O6/c27-19(9-13-5-1-2-6-13)21-23(29)15-11-17-18(12-16(15)24(21)30)26(32)22(25(17)31)20(28)10-14-7-3-4-8-14/h11-14,21-22H,1-10H2. The van der Waals surface area contributed by atoms with E-state index in [-0.39, 0.29) is 58.5 Å². The predicted molar refractivity (Wildman–Crippen MR) is 114 cm³/mol. The first-order chi connectivity index (χ1) is 15.4. The van der Waals surface area contributed by atoms with Crippen LogP contribution in [0.25, 0.3) is 0 Å². The number of Topliss-reactive ketones (excluding diaryl/α,β-unsaturated/α-hetero) is 6. The third kappa shape index (κ3) is 3.31. The van der Waals surface area contributed by atoms with Gasteiger partial charge < -0.3 is 0 Å². The first-order valence-corrected chi connectivity index (χ1v) is 11.8. The highest BCUT2D eigenvalue weighted by Crippen LogP contribution is 2.38. The van der Waals surface area contributed by atoms with Crippen molar-refractivity contribution in [3.8, 4) is 0 Å². The second kappa shape index (κ2) is 7.98. The fourth-order valence-corrected chi connectivity index (χ4v) is 6.09. The monoisotopic (exact) mass is 434 g/mol. The Labute approximate surface area is 186 Å². The van der Waals surface area contributed by atoms with Crippen LogP contribution in [0, 0.1) is 23.7 Å². The van der Waals surface area contributed by atoms with Gasteiger partial charge in [-0.15, -0.1) is 0 Å². The second-order valence-electron chi connectivity index (χ2n) is 9.91. The lowest BCUT2D eigenvalue weighted by Crippen LogP contribution is -2.27. The second-order valence-corrected chi connectivity index (χ2v) is 9.91. The van der Waals surface area contributed by atoms with Crippen molar-refractivity contribution in [2.45, 2.75) is 64.2 Å². The molecule has 0 radical (unpaired) electrons. The molecule has 2 fully saturated rings. The van der Waals surface area contributed by atoms with E-state index in [1.807, 2.05) is 0 Å². The van der Waals surface area contributed by atoms with Crippen LogP contribution in [0.3, 0.4) is 0 Å². The molecule has 6 nitrogen and oxygen atoms in total. The summed E-state index contributed by atoms with van der Waals surface area (Å²) in [5.41, 5.74) is 0.124. The fourth-order valence-electron chi connectivity index (χ4n) is 6.09. The van der Waals surface area contributed by atoms with Crippen molar-refractivity contribution < 1.29 is 28.8 Å². The highest BCUT2D eigenvalue weighted by atomic mass is 16.2. The summed E-state index contributed by atoms with van der Waals surface area (Å²) in [7, 11) is 0. The van der Waals surface area contributed by atoms with Crippen LogP contribution in [0.2, 0.25) is 0 Å². The average Bonchev–Trinajstić information content (AvgIpc) is 3.53. The van der Waals surface area contributed by atoms with E-state index in [0.717, 1.165) is 51.4 Å². The minimum absolute atomic E-state index is 0.0311. The van der Waals surface area contributed by atoms with Crippen LogP contribution in [0.15, 0.2) is 12.1 Å². The number of carbonyl (C=O) groups excluding carboxylic acids is 6. The van der Waals surface area contributed by atoms with Crippen LogP contribution in [0.4, 0.5) is 0 Å². The van der Waals surface area contributed by atoms with E-state index in [1.54, 1.807) is 0 Å². The Morgan fingerprint density at radius 2 is 0.844 bits per heavy atom. The predicted octanol–water partition coefficient (Wildman–Crippen LogP) is 3.98. The van der Waals surface area contributed by atoms with Crippen LogP contribution in [0.5, 0.6) is 0 Å². The van der Waals surface area contributed by atoms with Crippen LogP contribution in [-0.4, -0.2) is 34.7 Å². The van der Waals surface area contributed by atoms with Crippen LogP contribution >= 0.6 is 0 Å². The van der Waals surface area contributed by atoms with Gasteiger partial charge >= 0.3 is 0 Å². The van der Waals surface area contributed by atoms with E-state index in [0.29, 0.717) is 0 Å². The number of hydrogen-bond acceptors (Lipinski definition) is 6. The van der Waals surface area contributed by atoms with Gasteiger partial charge in [0.1, 0.15) is 11.8 Å². The molecule has 0 amide bonds. The SMILES string of the molecule is O=C(CC1CCCC1)C1C(=O)c2cc3c(cc2C1=O)C(=O)C(C(=O)CC1CCCC1)C3=O. The Bertz CT molecular complexity index is 932. The molecule has 6 heteroatoms. The van der Waals surface area contributed by atoms with E-state index in [4.69, 9.17) is 0 Å². The lowest BCUT2D eigenvalue weighted by Gasteiger charge is -2.11. The topological polar surface area (TPSA) is 102 Å². The van der Waals surface area contributed by atoms with Gasteiger partial charge in [0.25, 0.3) is 0 Å². The minimum Gasteiger partial charge on any atom is -0.298 e. The van der Waals surface area contributed by atoms with Gasteiger partial charge in [-0.05, 0) is 24.0 Å². The van der Waals surface area contributed by atoms with Crippen LogP contribution in [-0.2, 0) is 9.59 Å². The molecule has 0 aliphatic heterocycles. The zero-order valence-electron chi connectivity index (χ0n) is 18.0. The smallest absolute Gasteiger partial charge is 0.181 e. The maximum atomic E-state index is 13.0. The molecule has 0 N–H and O–H groups in total. The molecule has 0 spiro atoms. The number of fused-ring (bicyclic) bond motifs is 2. The van der Waals surface area contributed by atoms with Crippen molar-refractivity contribution in [3.05, 3.63) is 34.4 Å². The molecule has 32 heavy (non-hydrogen) atoms. The first-order valence-electron chi connectivity index (χ1n) is 11.8. The molecular weight excluding hydrogens is 408 g/mol. The number of benzene rings is 1. The molecule has 0 unspecified atom stereocenters. The quantitative estimate of drug-likeness (QED) is 0.628. The Kier molecular flexibility index (Phi) is 5.26. The van der Waals surface area contributed by atoms with Gasteiger partial charge in [-0.25, -0.2) is 0 Å². The third-order valence-electron chi connectivity index (χ3n) is 7.84. The summed E-state index contributed by atoms with van der Waals surface area (Å²) in [6.45, 7) is 0. The van der Waals surface area contributed by atoms with Gasteiger partial charge in [0.15, 0.2) is 34.7 Å². The molecule has 4 aliphatic carbocycles. The largest absolute Gasteiger partial charge is 0.298 e. The van der Waals surface area contributed by atoms with E-state index in [1.165, 1.54) is 12.1 Å². The van der Waals surface area contributed by atoms with Crippen molar-refractivity contribution >= 4 is 34.7 Å². The Morgan fingerprint density at radius 1 is 0.562 bits per heavy atom. The summed E-state index contributed by atoms with van der Waals surface area (Å²) in [5.74, 6) is -5.38. The molecule has 2 saturated carbocycles. The maximum Gasteiger partial charge on any atom is 0.181 e. The number of rotatable bonds is 6. The Morgan fingerprint density at radius 3 is 1.12 bits per heavy atom. The molecule has 0 bridgehead atoms. The van der Waals surface area contributed by atoms with Gasteiger partial charge in [0, 0.05) is 35.1 Å². The summed E-state index contributed by atoms with van der Waals surface area (Å²) in [5, 5.41) is 0. The summed E-state index contributed by atoms with van der Waals surface area (Å²) in [6, 6.07) is 2.55. The van der Waals surface area contributed by atoms with Gasteiger partial charge in [-0.3, -0.25) is 28.8 Å². The van der Waals surface area contributed by atoms with Gasteiger partial charge in [-0.2, -0.15) is 0 Å². The van der Waals surface area contributed by atoms with E-state index in [2.05, 4.69) is 0 Å². The normalized spacial score (nSPS) is 22.2. The molecular formula is C26H26O6. The van der Waals surface area contributed by atoms with E-state index >= 15 is 0 Å². The Hall–Kier alpha value is -2.76. The summed E-state index contributed by atoms with van der Waals surface area (Å²) in [4.78, 5) is 77.3. The van der Waals surface area contributed by atoms with Crippen LogP contribution < -0.4 is 0 Å².